The topological polar surface area (TPSA) is 56.8 Å². The molecule has 5 nitrogen and oxygen atoms in total. The van der Waals surface area contributed by atoms with Gasteiger partial charge in [-0.25, -0.2) is 0 Å². The number of carbonyl (C=O) groups excluding carboxylic acids is 1. The molecule has 0 spiro atoms. The molecule has 2 atom stereocenters. The molecule has 0 saturated carbocycles. The Morgan fingerprint density at radius 1 is 1.38 bits per heavy atom. The Morgan fingerprint density at radius 3 is 2.71 bits per heavy atom. The van der Waals surface area contributed by atoms with Gasteiger partial charge in [-0.2, -0.15) is 0 Å². The molecular weight excluding hydrogens is 270 g/mol. The van der Waals surface area contributed by atoms with Crippen molar-refractivity contribution in [3.63, 3.8) is 0 Å². The summed E-state index contributed by atoms with van der Waals surface area (Å²) in [7, 11) is 3.12. The first-order valence-electron chi connectivity index (χ1n) is 7.17. The fraction of sp³-hybridized carbons (Fsp3) is 0.562. The number of hydrogen-bond donors (Lipinski definition) is 1. The van der Waals surface area contributed by atoms with Crippen molar-refractivity contribution in [1.29, 1.82) is 0 Å². The van der Waals surface area contributed by atoms with E-state index in [2.05, 4.69) is 5.32 Å². The second-order valence-corrected chi connectivity index (χ2v) is 5.31. The number of methoxy groups -OCH3 is 2. The number of ether oxygens (including phenoxy) is 3. The van der Waals surface area contributed by atoms with Crippen LogP contribution in [-0.4, -0.2) is 52.1 Å². The Labute approximate surface area is 125 Å². The molecule has 1 aliphatic heterocycles. The van der Waals surface area contributed by atoms with Gasteiger partial charge in [0.15, 0.2) is 0 Å². The van der Waals surface area contributed by atoms with Gasteiger partial charge in [0.25, 0.3) is 0 Å². The molecule has 2 rings (SSSR count). The zero-order chi connectivity index (χ0) is 15.1. The molecule has 1 heterocycles. The van der Waals surface area contributed by atoms with Crippen LogP contribution < -0.4 is 5.32 Å². The number of nitrogens with one attached hydrogen (secondary N) is 1. The highest BCUT2D eigenvalue weighted by Crippen LogP contribution is 2.22. The van der Waals surface area contributed by atoms with Gasteiger partial charge in [0, 0.05) is 33.2 Å². The van der Waals surface area contributed by atoms with Gasteiger partial charge in [-0.05, 0) is 5.56 Å². The molecular formula is C16H23NO4. The number of rotatable bonds is 7. The molecule has 1 aliphatic rings. The lowest BCUT2D eigenvalue weighted by Gasteiger charge is -2.27. The minimum Gasteiger partial charge on any atom is -0.469 e. The number of carbonyl (C=O) groups is 1. The van der Waals surface area contributed by atoms with Crippen LogP contribution in [0.5, 0.6) is 0 Å². The smallest absolute Gasteiger partial charge is 0.314 e. The molecule has 0 amide bonds. The van der Waals surface area contributed by atoms with Crippen LogP contribution in [0.2, 0.25) is 0 Å². The summed E-state index contributed by atoms with van der Waals surface area (Å²) in [5.74, 6) is -0.546. The minimum atomic E-state index is -0.313. The molecule has 5 heteroatoms. The van der Waals surface area contributed by atoms with Gasteiger partial charge in [0.05, 0.1) is 19.6 Å². The van der Waals surface area contributed by atoms with Crippen molar-refractivity contribution >= 4 is 5.97 Å². The maximum Gasteiger partial charge on any atom is 0.314 e. The van der Waals surface area contributed by atoms with Crippen molar-refractivity contribution in [2.24, 2.45) is 0 Å². The average Bonchev–Trinajstić information content (AvgIpc) is 3.01. The van der Waals surface area contributed by atoms with E-state index >= 15 is 0 Å². The first-order valence-corrected chi connectivity index (χ1v) is 7.17. The van der Waals surface area contributed by atoms with E-state index in [4.69, 9.17) is 14.2 Å². The minimum absolute atomic E-state index is 0.233. The normalized spacial score (nSPS) is 23.0. The van der Waals surface area contributed by atoms with Crippen LogP contribution >= 0.6 is 0 Å². The van der Waals surface area contributed by atoms with Crippen LogP contribution in [0.4, 0.5) is 0 Å². The quantitative estimate of drug-likeness (QED) is 0.769. The lowest BCUT2D eigenvalue weighted by atomic mass is 9.98. The third-order valence-electron chi connectivity index (χ3n) is 3.98. The van der Waals surface area contributed by atoms with Gasteiger partial charge in [0.1, 0.15) is 5.60 Å². The van der Waals surface area contributed by atoms with E-state index in [1.165, 1.54) is 7.11 Å². The summed E-state index contributed by atoms with van der Waals surface area (Å²) >= 11 is 0. The molecule has 1 N–H and O–H groups in total. The third-order valence-corrected chi connectivity index (χ3v) is 3.98. The lowest BCUT2D eigenvalue weighted by molar-refractivity contribution is -0.142. The van der Waals surface area contributed by atoms with E-state index in [0.717, 1.165) is 12.0 Å². The maximum absolute atomic E-state index is 12.0. The number of esters is 1. The van der Waals surface area contributed by atoms with Crippen molar-refractivity contribution in [3.05, 3.63) is 35.9 Å². The fourth-order valence-electron chi connectivity index (χ4n) is 2.57. The summed E-state index contributed by atoms with van der Waals surface area (Å²) < 4.78 is 15.9. The van der Waals surface area contributed by atoms with Crippen LogP contribution in [0.15, 0.2) is 30.3 Å². The largest absolute Gasteiger partial charge is 0.469 e. The summed E-state index contributed by atoms with van der Waals surface area (Å²) in [4.78, 5) is 12.0. The van der Waals surface area contributed by atoms with E-state index in [9.17, 15) is 4.79 Å². The van der Waals surface area contributed by atoms with Crippen molar-refractivity contribution in [3.8, 4) is 0 Å². The molecule has 1 fully saturated rings. The van der Waals surface area contributed by atoms with Gasteiger partial charge in [-0.3, -0.25) is 4.79 Å². The molecule has 0 aromatic heterocycles. The zero-order valence-corrected chi connectivity index (χ0v) is 12.6. The van der Waals surface area contributed by atoms with Crippen molar-refractivity contribution in [1.82, 2.24) is 5.32 Å². The Balaban J connectivity index is 1.95. The fourth-order valence-corrected chi connectivity index (χ4v) is 2.57. The van der Waals surface area contributed by atoms with Crippen LogP contribution in [0, 0.1) is 0 Å². The first-order chi connectivity index (χ1) is 10.2. The van der Waals surface area contributed by atoms with Gasteiger partial charge < -0.3 is 19.5 Å². The van der Waals surface area contributed by atoms with Gasteiger partial charge in [-0.15, -0.1) is 0 Å². The predicted molar refractivity (Wildman–Crippen MR) is 79.2 cm³/mol. The molecule has 1 aromatic carbocycles. The summed E-state index contributed by atoms with van der Waals surface area (Å²) in [5, 5.41) is 3.33. The van der Waals surface area contributed by atoms with Gasteiger partial charge in [0.2, 0.25) is 0 Å². The molecule has 0 aliphatic carbocycles. The Kier molecular flexibility index (Phi) is 5.73. The van der Waals surface area contributed by atoms with E-state index in [1.807, 2.05) is 30.3 Å². The van der Waals surface area contributed by atoms with Gasteiger partial charge in [-0.1, -0.05) is 30.3 Å². The number of hydrogen-bond acceptors (Lipinski definition) is 5. The standard InChI is InChI=1S/C16H23NO4/c1-19-15(18)14(13-6-4-3-5-7-13)10-17-11-16(20-2)8-9-21-12-16/h3-7,14,17H,8-12H2,1-2H3. The second-order valence-electron chi connectivity index (χ2n) is 5.31. The summed E-state index contributed by atoms with van der Waals surface area (Å²) in [6.07, 6.45) is 0.866. The van der Waals surface area contributed by atoms with Crippen LogP contribution in [-0.2, 0) is 19.0 Å². The van der Waals surface area contributed by atoms with Gasteiger partial charge >= 0.3 is 5.97 Å². The first kappa shape index (κ1) is 15.9. The van der Waals surface area contributed by atoms with Crippen molar-refractivity contribution < 1.29 is 19.0 Å². The molecule has 21 heavy (non-hydrogen) atoms. The molecule has 0 radical (unpaired) electrons. The maximum atomic E-state index is 12.0. The Hall–Kier alpha value is -1.43. The summed E-state index contributed by atoms with van der Waals surface area (Å²) in [6.45, 7) is 2.48. The summed E-state index contributed by atoms with van der Waals surface area (Å²) in [6, 6.07) is 9.66. The second kappa shape index (κ2) is 7.54. The predicted octanol–water partition coefficient (Wildman–Crippen LogP) is 1.34. The van der Waals surface area contributed by atoms with Crippen LogP contribution in [0.25, 0.3) is 0 Å². The average molecular weight is 293 g/mol. The molecule has 0 bridgehead atoms. The molecule has 1 saturated heterocycles. The Bertz CT molecular complexity index is 443. The van der Waals surface area contributed by atoms with Crippen LogP contribution in [0.3, 0.4) is 0 Å². The molecule has 1 aromatic rings. The highest BCUT2D eigenvalue weighted by Gasteiger charge is 2.35. The van der Waals surface area contributed by atoms with E-state index < -0.39 is 0 Å². The lowest BCUT2D eigenvalue weighted by Crippen LogP contribution is -2.44. The summed E-state index contributed by atoms with van der Waals surface area (Å²) in [5.41, 5.74) is 0.670. The molecule has 116 valence electrons. The van der Waals surface area contributed by atoms with E-state index in [1.54, 1.807) is 7.11 Å². The SMILES string of the molecule is COC(=O)C(CNCC1(OC)CCOC1)c1ccccc1. The molecule has 2 unspecified atom stereocenters. The van der Waals surface area contributed by atoms with E-state index in [-0.39, 0.29) is 17.5 Å². The van der Waals surface area contributed by atoms with E-state index in [0.29, 0.717) is 26.3 Å². The van der Waals surface area contributed by atoms with Crippen molar-refractivity contribution in [2.45, 2.75) is 17.9 Å². The zero-order valence-electron chi connectivity index (χ0n) is 12.6. The van der Waals surface area contributed by atoms with Crippen LogP contribution in [0.1, 0.15) is 17.9 Å². The highest BCUT2D eigenvalue weighted by molar-refractivity contribution is 5.78. The van der Waals surface area contributed by atoms with Crippen molar-refractivity contribution in [2.75, 3.05) is 40.5 Å². The Morgan fingerprint density at radius 2 is 2.14 bits per heavy atom. The monoisotopic (exact) mass is 293 g/mol. The third kappa shape index (κ3) is 4.03. The highest BCUT2D eigenvalue weighted by atomic mass is 16.5. The number of benzene rings is 1.